The van der Waals surface area contributed by atoms with Crippen molar-refractivity contribution in [2.45, 2.75) is 63.2 Å². The highest BCUT2D eigenvalue weighted by atomic mass is 16.1. The molecule has 4 aromatic rings. The summed E-state index contributed by atoms with van der Waals surface area (Å²) in [5.74, 6) is 0.617. The Hall–Kier alpha value is -4.34. The van der Waals surface area contributed by atoms with Crippen molar-refractivity contribution < 1.29 is 9.59 Å². The van der Waals surface area contributed by atoms with Gasteiger partial charge in [-0.1, -0.05) is 6.42 Å². The number of ketones is 2. The van der Waals surface area contributed by atoms with Crippen LogP contribution in [0.5, 0.6) is 0 Å². The maximum absolute atomic E-state index is 12.4. The van der Waals surface area contributed by atoms with Gasteiger partial charge in [0, 0.05) is 49.0 Å². The summed E-state index contributed by atoms with van der Waals surface area (Å²) >= 11 is 0. The third-order valence-electron chi connectivity index (χ3n) is 6.74. The first-order valence-electron chi connectivity index (χ1n) is 12.8. The van der Waals surface area contributed by atoms with Gasteiger partial charge in [-0.3, -0.25) is 29.5 Å². The molecule has 5 rings (SSSR count). The Morgan fingerprint density at radius 3 is 1.47 bits per heavy atom. The van der Waals surface area contributed by atoms with E-state index in [9.17, 15) is 9.59 Å². The molecule has 4 heterocycles. The SMILES string of the molecule is O=C(Cc1cnccn1)Cc1ccc([C@H]2CCC[C@H](c3ccc(CC(=O)Cc4cnccn4)nn3)C2)nn1. The lowest BCUT2D eigenvalue weighted by atomic mass is 9.78. The molecule has 1 aliphatic carbocycles. The number of carbonyl (C=O) groups excluding carboxylic acids is 2. The monoisotopic (exact) mass is 508 g/mol. The van der Waals surface area contributed by atoms with Crippen molar-refractivity contribution in [3.05, 3.63) is 95.6 Å². The second-order valence-corrected chi connectivity index (χ2v) is 9.64. The minimum absolute atomic E-state index is 0.0303. The Morgan fingerprint density at radius 1 is 0.605 bits per heavy atom. The molecule has 38 heavy (non-hydrogen) atoms. The molecule has 2 atom stereocenters. The Kier molecular flexibility index (Phi) is 8.17. The molecule has 0 spiro atoms. The first-order valence-corrected chi connectivity index (χ1v) is 12.8. The van der Waals surface area contributed by atoms with Crippen molar-refractivity contribution in [1.82, 2.24) is 40.3 Å². The molecule has 0 radical (unpaired) electrons. The fourth-order valence-electron chi connectivity index (χ4n) is 4.87. The summed E-state index contributed by atoms with van der Waals surface area (Å²) < 4.78 is 0. The average molecular weight is 509 g/mol. The van der Waals surface area contributed by atoms with E-state index in [1.807, 2.05) is 24.3 Å². The van der Waals surface area contributed by atoms with E-state index in [1.54, 1.807) is 37.2 Å². The third kappa shape index (κ3) is 6.90. The van der Waals surface area contributed by atoms with Gasteiger partial charge in [0.1, 0.15) is 11.6 Å². The van der Waals surface area contributed by atoms with Gasteiger partial charge in [0.25, 0.3) is 0 Å². The van der Waals surface area contributed by atoms with Crippen molar-refractivity contribution in [2.24, 2.45) is 0 Å². The van der Waals surface area contributed by atoms with Crippen LogP contribution in [0.2, 0.25) is 0 Å². The Labute approximate surface area is 220 Å². The topological polar surface area (TPSA) is 137 Å². The second kappa shape index (κ2) is 12.3. The number of Topliss-reactive ketones (excluding diaryl/α,β-unsaturated/α-hetero) is 2. The molecule has 0 amide bonds. The van der Waals surface area contributed by atoms with Crippen molar-refractivity contribution in [1.29, 1.82) is 0 Å². The number of carbonyl (C=O) groups is 2. The number of hydrogen-bond donors (Lipinski definition) is 0. The molecule has 0 saturated heterocycles. The Bertz CT molecular complexity index is 1240. The van der Waals surface area contributed by atoms with E-state index in [0.717, 1.165) is 37.1 Å². The highest BCUT2D eigenvalue weighted by Gasteiger charge is 2.27. The van der Waals surface area contributed by atoms with Gasteiger partial charge in [0.05, 0.1) is 59.8 Å². The van der Waals surface area contributed by atoms with Gasteiger partial charge in [-0.25, -0.2) is 0 Å². The van der Waals surface area contributed by atoms with Crippen LogP contribution in [0.3, 0.4) is 0 Å². The maximum Gasteiger partial charge on any atom is 0.144 e. The van der Waals surface area contributed by atoms with Crippen LogP contribution in [-0.4, -0.2) is 51.9 Å². The molecule has 1 saturated carbocycles. The van der Waals surface area contributed by atoms with E-state index in [4.69, 9.17) is 0 Å². The molecule has 10 nitrogen and oxygen atoms in total. The molecule has 0 unspecified atom stereocenters. The van der Waals surface area contributed by atoms with Crippen LogP contribution in [0.4, 0.5) is 0 Å². The fourth-order valence-corrected chi connectivity index (χ4v) is 4.87. The summed E-state index contributed by atoms with van der Waals surface area (Å²) in [5, 5.41) is 17.6. The van der Waals surface area contributed by atoms with Crippen LogP contribution in [-0.2, 0) is 35.3 Å². The number of aromatic nitrogens is 8. The first kappa shape index (κ1) is 25.3. The highest BCUT2D eigenvalue weighted by molar-refractivity contribution is 5.82. The zero-order chi connectivity index (χ0) is 26.2. The normalized spacial score (nSPS) is 17.2. The van der Waals surface area contributed by atoms with E-state index in [1.165, 1.54) is 0 Å². The van der Waals surface area contributed by atoms with Crippen molar-refractivity contribution >= 4 is 11.6 Å². The number of rotatable bonds is 10. The van der Waals surface area contributed by atoms with Crippen LogP contribution in [0.25, 0.3) is 0 Å². The van der Waals surface area contributed by atoms with Crippen LogP contribution in [0.1, 0.15) is 71.7 Å². The zero-order valence-corrected chi connectivity index (χ0v) is 21.0. The van der Waals surface area contributed by atoms with Crippen LogP contribution >= 0.6 is 0 Å². The lowest BCUT2D eigenvalue weighted by Gasteiger charge is -2.28. The molecule has 192 valence electrons. The molecule has 10 heteroatoms. The molecule has 1 fully saturated rings. The van der Waals surface area contributed by atoms with E-state index in [-0.39, 0.29) is 49.1 Å². The van der Waals surface area contributed by atoms with Gasteiger partial charge in [-0.05, 0) is 43.5 Å². The molecule has 0 N–H and O–H groups in total. The summed E-state index contributed by atoms with van der Waals surface area (Å²) in [6.45, 7) is 0. The summed E-state index contributed by atoms with van der Waals surface area (Å²) in [4.78, 5) is 41.0. The Morgan fingerprint density at radius 2 is 1.08 bits per heavy atom. The molecular weight excluding hydrogens is 480 g/mol. The number of hydrogen-bond acceptors (Lipinski definition) is 10. The van der Waals surface area contributed by atoms with E-state index in [0.29, 0.717) is 22.8 Å². The molecular formula is C28H28N8O2. The van der Waals surface area contributed by atoms with E-state index >= 15 is 0 Å². The third-order valence-corrected chi connectivity index (χ3v) is 6.74. The zero-order valence-electron chi connectivity index (χ0n) is 21.0. The lowest BCUT2D eigenvalue weighted by molar-refractivity contribution is -0.118. The fraction of sp³-hybridized carbons (Fsp3) is 0.357. The van der Waals surface area contributed by atoms with Gasteiger partial charge >= 0.3 is 0 Å². The number of nitrogens with zero attached hydrogens (tertiary/aromatic N) is 8. The molecule has 0 aliphatic heterocycles. The van der Waals surface area contributed by atoms with E-state index < -0.39 is 0 Å². The van der Waals surface area contributed by atoms with Crippen molar-refractivity contribution in [3.8, 4) is 0 Å². The summed E-state index contributed by atoms with van der Waals surface area (Å²) in [5.41, 5.74) is 4.51. The average Bonchev–Trinajstić information content (AvgIpc) is 2.95. The van der Waals surface area contributed by atoms with Gasteiger partial charge < -0.3 is 0 Å². The van der Waals surface area contributed by atoms with Gasteiger partial charge in [0.15, 0.2) is 0 Å². The standard InChI is InChI=1S/C28H28N8O2/c37-25(15-23-17-29-8-10-31-23)13-21-4-6-27(35-33-21)19-2-1-3-20(12-19)28-7-5-22(34-36-28)14-26(38)16-24-18-30-9-11-32-24/h4-11,17-20H,1-3,12-16H2/t19-,20-/m0/s1. The smallest absolute Gasteiger partial charge is 0.144 e. The second-order valence-electron chi connectivity index (χ2n) is 9.64. The summed E-state index contributed by atoms with van der Waals surface area (Å²) in [6, 6.07) is 7.77. The van der Waals surface area contributed by atoms with E-state index in [2.05, 4.69) is 40.3 Å². The Balaban J connectivity index is 1.14. The highest BCUT2D eigenvalue weighted by Crippen LogP contribution is 2.39. The van der Waals surface area contributed by atoms with Gasteiger partial charge in [-0.15, -0.1) is 0 Å². The summed E-state index contributed by atoms with van der Waals surface area (Å²) in [7, 11) is 0. The molecule has 4 aromatic heterocycles. The predicted octanol–water partition coefficient (Wildman–Crippen LogP) is 3.00. The maximum atomic E-state index is 12.4. The van der Waals surface area contributed by atoms with Crippen LogP contribution < -0.4 is 0 Å². The van der Waals surface area contributed by atoms with Crippen LogP contribution in [0.15, 0.2) is 61.4 Å². The quantitative estimate of drug-likeness (QED) is 0.314. The summed E-state index contributed by atoms with van der Waals surface area (Å²) in [6.07, 6.45) is 14.5. The molecule has 0 bridgehead atoms. The molecule has 0 aromatic carbocycles. The van der Waals surface area contributed by atoms with Crippen molar-refractivity contribution in [2.75, 3.05) is 0 Å². The minimum Gasteiger partial charge on any atom is -0.299 e. The molecule has 1 aliphatic rings. The largest absolute Gasteiger partial charge is 0.299 e. The first-order chi connectivity index (χ1) is 18.6. The van der Waals surface area contributed by atoms with Crippen LogP contribution in [0, 0.1) is 0 Å². The minimum atomic E-state index is 0.0303. The van der Waals surface area contributed by atoms with Crippen molar-refractivity contribution in [3.63, 3.8) is 0 Å². The van der Waals surface area contributed by atoms with Gasteiger partial charge in [-0.2, -0.15) is 20.4 Å². The lowest BCUT2D eigenvalue weighted by Crippen LogP contribution is -2.17. The van der Waals surface area contributed by atoms with Gasteiger partial charge in [0.2, 0.25) is 0 Å². The predicted molar refractivity (Wildman–Crippen MR) is 137 cm³/mol.